The average molecular weight is 349 g/mol. The van der Waals surface area contributed by atoms with Crippen molar-refractivity contribution in [2.75, 3.05) is 36.6 Å². The smallest absolute Gasteiger partial charge is 0.339 e. The molecule has 0 atom stereocenters. The van der Waals surface area contributed by atoms with E-state index in [-0.39, 0.29) is 5.63 Å². The van der Waals surface area contributed by atoms with E-state index in [2.05, 4.69) is 31.1 Å². The topological polar surface area (TPSA) is 42.7 Å². The molecule has 0 radical (unpaired) electrons. The third kappa shape index (κ3) is 4.94. The predicted molar refractivity (Wildman–Crippen MR) is 104 cm³/mol. The van der Waals surface area contributed by atoms with Gasteiger partial charge < -0.3 is 14.1 Å². The molecule has 2 rings (SSSR count). The molecule has 0 bridgehead atoms. The number of benzene rings is 1. The lowest BCUT2D eigenvalue weighted by Gasteiger charge is -2.21. The summed E-state index contributed by atoms with van der Waals surface area (Å²) >= 11 is 1.87. The monoisotopic (exact) mass is 349 g/mol. The van der Waals surface area contributed by atoms with Crippen LogP contribution in [0.15, 0.2) is 33.5 Å². The molecule has 0 fully saturated rings. The molecule has 0 aliphatic heterocycles. The van der Waals surface area contributed by atoms with Gasteiger partial charge in [0.2, 0.25) is 0 Å². The summed E-state index contributed by atoms with van der Waals surface area (Å²) in [4.78, 5) is 14.1. The van der Waals surface area contributed by atoms with Gasteiger partial charge in [0, 0.05) is 24.8 Å². The highest BCUT2D eigenvalue weighted by Crippen LogP contribution is 2.28. The van der Waals surface area contributed by atoms with Crippen molar-refractivity contribution < 1.29 is 9.15 Å². The van der Waals surface area contributed by atoms with E-state index in [1.54, 1.807) is 0 Å². The number of rotatable bonds is 10. The fraction of sp³-hybridized carbons (Fsp3) is 0.526. The van der Waals surface area contributed by atoms with Crippen LogP contribution < -0.4 is 15.3 Å². The van der Waals surface area contributed by atoms with E-state index < -0.39 is 0 Å². The maximum Gasteiger partial charge on any atom is 0.339 e. The van der Waals surface area contributed by atoms with Crippen LogP contribution in [0.25, 0.3) is 11.0 Å². The minimum atomic E-state index is -0.364. The highest BCUT2D eigenvalue weighted by Gasteiger charge is 2.10. The SMILES string of the molecule is CCN(CC)c1ccc2c(OCCCCCSC)cc(=O)oc2c1. The molecule has 24 heavy (non-hydrogen) atoms. The first-order valence-electron chi connectivity index (χ1n) is 8.64. The van der Waals surface area contributed by atoms with Gasteiger partial charge in [-0.2, -0.15) is 11.8 Å². The number of hydrogen-bond acceptors (Lipinski definition) is 5. The Labute approximate surface area is 148 Å². The number of thioether (sulfide) groups is 1. The van der Waals surface area contributed by atoms with Crippen molar-refractivity contribution in [2.24, 2.45) is 0 Å². The first kappa shape index (κ1) is 18.7. The first-order valence-corrected chi connectivity index (χ1v) is 10.0. The van der Waals surface area contributed by atoms with Crippen molar-refractivity contribution in [2.45, 2.75) is 33.1 Å². The molecule has 0 unspecified atom stereocenters. The van der Waals surface area contributed by atoms with Crippen LogP contribution in [0.3, 0.4) is 0 Å². The molecule has 1 aromatic heterocycles. The van der Waals surface area contributed by atoms with Crippen molar-refractivity contribution in [3.05, 3.63) is 34.7 Å². The maximum atomic E-state index is 11.8. The van der Waals surface area contributed by atoms with Crippen LogP contribution in [0.5, 0.6) is 5.75 Å². The Kier molecular flexibility index (Phi) is 7.50. The molecule has 132 valence electrons. The second-order valence-corrected chi connectivity index (χ2v) is 6.67. The van der Waals surface area contributed by atoms with E-state index in [9.17, 15) is 4.79 Å². The van der Waals surface area contributed by atoms with Crippen LogP contribution in [0, 0.1) is 0 Å². The quantitative estimate of drug-likeness (QED) is 0.465. The van der Waals surface area contributed by atoms with E-state index in [1.807, 2.05) is 23.9 Å². The Hall–Kier alpha value is -1.62. The molecule has 0 amide bonds. The molecule has 0 aliphatic rings. The summed E-state index contributed by atoms with van der Waals surface area (Å²) in [7, 11) is 0. The standard InChI is InChI=1S/C19H27NO3S/c1-4-20(5-2)15-9-10-16-17(14-19(21)23-18(16)13-15)22-11-7-6-8-12-24-3/h9-10,13-14H,4-8,11-12H2,1-3H3. The third-order valence-corrected chi connectivity index (χ3v) is 4.77. The fourth-order valence-corrected chi connectivity index (χ4v) is 3.23. The summed E-state index contributed by atoms with van der Waals surface area (Å²) in [5, 5.41) is 0.856. The van der Waals surface area contributed by atoms with E-state index in [1.165, 1.54) is 18.2 Å². The predicted octanol–water partition coefficient (Wildman–Crippen LogP) is 4.55. The molecule has 0 spiro atoms. The number of anilines is 1. The highest BCUT2D eigenvalue weighted by molar-refractivity contribution is 7.98. The second-order valence-electron chi connectivity index (χ2n) is 5.68. The zero-order valence-corrected chi connectivity index (χ0v) is 15.7. The van der Waals surface area contributed by atoms with Gasteiger partial charge in [0.15, 0.2) is 0 Å². The Morgan fingerprint density at radius 2 is 1.92 bits per heavy atom. The Bertz CT molecular complexity index is 695. The molecule has 1 heterocycles. The van der Waals surface area contributed by atoms with Gasteiger partial charge in [0.1, 0.15) is 11.3 Å². The average Bonchev–Trinajstić information content (AvgIpc) is 2.58. The number of ether oxygens (including phenoxy) is 1. The molecule has 0 N–H and O–H groups in total. The zero-order valence-electron chi connectivity index (χ0n) is 14.8. The molecule has 0 aliphatic carbocycles. The van der Waals surface area contributed by atoms with Crippen molar-refractivity contribution in [1.82, 2.24) is 0 Å². The van der Waals surface area contributed by atoms with Gasteiger partial charge >= 0.3 is 5.63 Å². The molecule has 1 aromatic carbocycles. The maximum absolute atomic E-state index is 11.8. The second kappa shape index (κ2) is 9.62. The summed E-state index contributed by atoms with van der Waals surface area (Å²) in [6, 6.07) is 7.41. The molecule has 4 nitrogen and oxygen atoms in total. The number of nitrogens with zero attached hydrogens (tertiary/aromatic N) is 1. The van der Waals surface area contributed by atoms with Gasteiger partial charge in [-0.25, -0.2) is 4.79 Å². The number of hydrogen-bond donors (Lipinski definition) is 0. The van der Waals surface area contributed by atoms with Crippen LogP contribution >= 0.6 is 11.8 Å². The lowest BCUT2D eigenvalue weighted by Crippen LogP contribution is -2.21. The van der Waals surface area contributed by atoms with Gasteiger partial charge in [-0.1, -0.05) is 0 Å². The molecular formula is C19H27NO3S. The summed E-state index contributed by atoms with van der Waals surface area (Å²) in [5.74, 6) is 1.81. The minimum Gasteiger partial charge on any atom is -0.493 e. The van der Waals surface area contributed by atoms with Gasteiger partial charge in [-0.05, 0) is 57.3 Å². The largest absolute Gasteiger partial charge is 0.493 e. The van der Waals surface area contributed by atoms with Crippen molar-refractivity contribution in [3.63, 3.8) is 0 Å². The summed E-state index contributed by atoms with van der Waals surface area (Å²) < 4.78 is 11.2. The third-order valence-electron chi connectivity index (χ3n) is 4.07. The van der Waals surface area contributed by atoms with Gasteiger partial charge in [-0.3, -0.25) is 0 Å². The zero-order chi connectivity index (χ0) is 17.4. The molecule has 5 heteroatoms. The summed E-state index contributed by atoms with van der Waals surface area (Å²) in [6.45, 7) is 6.68. The minimum absolute atomic E-state index is 0.364. The van der Waals surface area contributed by atoms with Crippen molar-refractivity contribution in [3.8, 4) is 5.75 Å². The van der Waals surface area contributed by atoms with Crippen LogP contribution in [0.1, 0.15) is 33.1 Å². The Balaban J connectivity index is 2.14. The number of fused-ring (bicyclic) bond motifs is 1. The summed E-state index contributed by atoms with van der Waals surface area (Å²) in [5.41, 5.74) is 1.28. The van der Waals surface area contributed by atoms with E-state index >= 15 is 0 Å². The molecule has 0 saturated heterocycles. The Morgan fingerprint density at radius 1 is 1.12 bits per heavy atom. The van der Waals surface area contributed by atoms with E-state index in [4.69, 9.17) is 9.15 Å². The Morgan fingerprint density at radius 3 is 2.62 bits per heavy atom. The van der Waals surface area contributed by atoms with Crippen LogP contribution in [0.2, 0.25) is 0 Å². The highest BCUT2D eigenvalue weighted by atomic mass is 32.2. The van der Waals surface area contributed by atoms with Crippen molar-refractivity contribution >= 4 is 28.4 Å². The van der Waals surface area contributed by atoms with E-state index in [0.29, 0.717) is 17.9 Å². The molecule has 0 saturated carbocycles. The normalized spacial score (nSPS) is 11.0. The van der Waals surface area contributed by atoms with Gasteiger partial charge in [0.25, 0.3) is 0 Å². The summed E-state index contributed by atoms with van der Waals surface area (Å²) in [6.07, 6.45) is 5.47. The van der Waals surface area contributed by atoms with Crippen LogP contribution in [-0.2, 0) is 0 Å². The fourth-order valence-electron chi connectivity index (χ4n) is 2.73. The molecule has 2 aromatic rings. The lowest BCUT2D eigenvalue weighted by molar-refractivity contribution is 0.307. The molecular weight excluding hydrogens is 322 g/mol. The van der Waals surface area contributed by atoms with Gasteiger partial charge in [0.05, 0.1) is 18.1 Å². The van der Waals surface area contributed by atoms with Crippen LogP contribution in [-0.4, -0.2) is 31.7 Å². The number of unbranched alkanes of at least 4 members (excludes halogenated alkanes) is 2. The van der Waals surface area contributed by atoms with Gasteiger partial charge in [-0.15, -0.1) is 0 Å². The van der Waals surface area contributed by atoms with E-state index in [0.717, 1.165) is 37.0 Å². The first-order chi connectivity index (χ1) is 11.7. The van der Waals surface area contributed by atoms with Crippen molar-refractivity contribution in [1.29, 1.82) is 0 Å². The lowest BCUT2D eigenvalue weighted by atomic mass is 10.2. The van der Waals surface area contributed by atoms with Crippen LogP contribution in [0.4, 0.5) is 5.69 Å².